The Morgan fingerprint density at radius 1 is 1.30 bits per heavy atom. The van der Waals surface area contributed by atoms with Gasteiger partial charge in [-0.15, -0.1) is 11.8 Å². The highest BCUT2D eigenvalue weighted by Crippen LogP contribution is 2.28. The molecular formula is C15H20N2O2S. The van der Waals surface area contributed by atoms with Crippen molar-refractivity contribution in [1.82, 2.24) is 4.90 Å². The van der Waals surface area contributed by atoms with Crippen LogP contribution in [0.4, 0.5) is 5.69 Å². The molecule has 0 unspecified atom stereocenters. The summed E-state index contributed by atoms with van der Waals surface area (Å²) in [4.78, 5) is 26.0. The van der Waals surface area contributed by atoms with Gasteiger partial charge in [0.2, 0.25) is 11.8 Å². The van der Waals surface area contributed by atoms with Gasteiger partial charge in [0, 0.05) is 30.1 Å². The number of carbonyl (C=O) groups is 2. The number of thioether (sulfide) groups is 1. The van der Waals surface area contributed by atoms with Crippen LogP contribution in [0.1, 0.15) is 26.7 Å². The summed E-state index contributed by atoms with van der Waals surface area (Å²) >= 11 is 1.54. The molecule has 0 atom stereocenters. The molecule has 0 aromatic heterocycles. The van der Waals surface area contributed by atoms with E-state index in [0.717, 1.165) is 30.0 Å². The van der Waals surface area contributed by atoms with E-state index in [-0.39, 0.29) is 11.8 Å². The normalized spacial score (nSPS) is 13.9. The maximum atomic E-state index is 12.1. The van der Waals surface area contributed by atoms with Crippen LogP contribution in [0.5, 0.6) is 0 Å². The molecule has 1 fully saturated rings. The molecule has 0 saturated heterocycles. The van der Waals surface area contributed by atoms with Crippen LogP contribution in [0.15, 0.2) is 29.2 Å². The van der Waals surface area contributed by atoms with E-state index in [4.69, 9.17) is 0 Å². The Hall–Kier alpha value is -1.49. The van der Waals surface area contributed by atoms with Crippen molar-refractivity contribution in [2.75, 3.05) is 17.6 Å². The van der Waals surface area contributed by atoms with Crippen molar-refractivity contribution in [3.05, 3.63) is 24.3 Å². The quantitative estimate of drug-likeness (QED) is 0.820. The van der Waals surface area contributed by atoms with Crippen molar-refractivity contribution >= 4 is 29.3 Å². The van der Waals surface area contributed by atoms with Crippen LogP contribution in [0.2, 0.25) is 0 Å². The number of amides is 2. The first-order valence-electron chi connectivity index (χ1n) is 6.90. The highest BCUT2D eigenvalue weighted by molar-refractivity contribution is 8.00. The molecule has 1 N–H and O–H groups in total. The van der Waals surface area contributed by atoms with E-state index in [1.165, 1.54) is 6.92 Å². The number of anilines is 1. The van der Waals surface area contributed by atoms with E-state index in [1.54, 1.807) is 11.8 Å². The van der Waals surface area contributed by atoms with Crippen LogP contribution in [-0.2, 0) is 9.59 Å². The standard InChI is InChI=1S/C15H20N2O2S/c1-3-17(13-6-7-13)15(19)10-20-14-8-4-12(5-9-14)16-11(2)18/h4-5,8-9,13H,3,6-7,10H2,1-2H3,(H,16,18). The summed E-state index contributed by atoms with van der Waals surface area (Å²) in [6.45, 7) is 4.31. The fourth-order valence-electron chi connectivity index (χ4n) is 2.09. The predicted octanol–water partition coefficient (Wildman–Crippen LogP) is 2.75. The topological polar surface area (TPSA) is 49.4 Å². The minimum absolute atomic E-state index is 0.0800. The maximum absolute atomic E-state index is 12.1. The number of hydrogen-bond acceptors (Lipinski definition) is 3. The zero-order chi connectivity index (χ0) is 14.5. The van der Waals surface area contributed by atoms with Crippen LogP contribution in [-0.4, -0.2) is 35.1 Å². The van der Waals surface area contributed by atoms with Gasteiger partial charge < -0.3 is 10.2 Å². The minimum atomic E-state index is -0.0800. The second-order valence-electron chi connectivity index (χ2n) is 4.91. The van der Waals surface area contributed by atoms with Gasteiger partial charge >= 0.3 is 0 Å². The fourth-order valence-corrected chi connectivity index (χ4v) is 2.87. The molecule has 0 radical (unpaired) electrons. The van der Waals surface area contributed by atoms with Crippen molar-refractivity contribution in [2.45, 2.75) is 37.6 Å². The number of benzene rings is 1. The Labute approximate surface area is 123 Å². The molecule has 4 nitrogen and oxygen atoms in total. The average Bonchev–Trinajstić information content (AvgIpc) is 3.23. The molecule has 0 bridgehead atoms. The minimum Gasteiger partial charge on any atom is -0.339 e. The third kappa shape index (κ3) is 4.27. The van der Waals surface area contributed by atoms with E-state index in [0.29, 0.717) is 11.8 Å². The Kier molecular flexibility index (Phi) is 5.06. The number of hydrogen-bond donors (Lipinski definition) is 1. The molecule has 2 amide bonds. The lowest BCUT2D eigenvalue weighted by Gasteiger charge is -2.20. The van der Waals surface area contributed by atoms with Gasteiger partial charge in [-0.25, -0.2) is 0 Å². The smallest absolute Gasteiger partial charge is 0.233 e. The number of nitrogens with one attached hydrogen (secondary N) is 1. The molecular weight excluding hydrogens is 272 g/mol. The summed E-state index contributed by atoms with van der Waals surface area (Å²) in [7, 11) is 0. The van der Waals surface area contributed by atoms with E-state index >= 15 is 0 Å². The molecule has 1 aliphatic carbocycles. The van der Waals surface area contributed by atoms with Gasteiger partial charge in [0.05, 0.1) is 5.75 Å². The van der Waals surface area contributed by atoms with Gasteiger partial charge in [-0.3, -0.25) is 9.59 Å². The third-order valence-electron chi connectivity index (χ3n) is 3.19. The van der Waals surface area contributed by atoms with Gasteiger partial charge in [0.1, 0.15) is 0 Å². The summed E-state index contributed by atoms with van der Waals surface area (Å²) in [6, 6.07) is 8.04. The van der Waals surface area contributed by atoms with Crippen molar-refractivity contribution < 1.29 is 9.59 Å². The van der Waals surface area contributed by atoms with E-state index in [9.17, 15) is 9.59 Å². The number of rotatable bonds is 6. The van der Waals surface area contributed by atoms with Crippen molar-refractivity contribution in [3.8, 4) is 0 Å². The van der Waals surface area contributed by atoms with Gasteiger partial charge in [-0.2, -0.15) is 0 Å². The largest absolute Gasteiger partial charge is 0.339 e. The first kappa shape index (κ1) is 14.9. The Balaban J connectivity index is 1.84. The molecule has 5 heteroatoms. The summed E-state index contributed by atoms with van der Waals surface area (Å²) in [6.07, 6.45) is 2.30. The molecule has 1 saturated carbocycles. The maximum Gasteiger partial charge on any atom is 0.233 e. The number of carbonyl (C=O) groups excluding carboxylic acids is 2. The lowest BCUT2D eigenvalue weighted by atomic mass is 10.3. The summed E-state index contributed by atoms with van der Waals surface area (Å²) < 4.78 is 0. The fraction of sp³-hybridized carbons (Fsp3) is 0.467. The molecule has 1 aliphatic rings. The Morgan fingerprint density at radius 3 is 2.45 bits per heavy atom. The van der Waals surface area contributed by atoms with Crippen molar-refractivity contribution in [1.29, 1.82) is 0 Å². The van der Waals surface area contributed by atoms with Gasteiger partial charge in [-0.1, -0.05) is 0 Å². The zero-order valence-corrected chi connectivity index (χ0v) is 12.7. The summed E-state index contributed by atoms with van der Waals surface area (Å²) in [5.41, 5.74) is 0.779. The van der Waals surface area contributed by atoms with E-state index < -0.39 is 0 Å². The second-order valence-corrected chi connectivity index (χ2v) is 5.95. The van der Waals surface area contributed by atoms with E-state index in [1.807, 2.05) is 36.1 Å². The third-order valence-corrected chi connectivity index (χ3v) is 4.18. The highest BCUT2D eigenvalue weighted by Gasteiger charge is 2.30. The van der Waals surface area contributed by atoms with Crippen LogP contribution >= 0.6 is 11.8 Å². The van der Waals surface area contributed by atoms with Gasteiger partial charge in [0.25, 0.3) is 0 Å². The summed E-state index contributed by atoms with van der Waals surface area (Å²) in [5.74, 6) is 0.610. The predicted molar refractivity (Wildman–Crippen MR) is 81.9 cm³/mol. The highest BCUT2D eigenvalue weighted by atomic mass is 32.2. The monoisotopic (exact) mass is 292 g/mol. The SMILES string of the molecule is CCN(C(=O)CSc1ccc(NC(C)=O)cc1)C1CC1. The average molecular weight is 292 g/mol. The molecule has 1 aromatic rings. The Morgan fingerprint density at radius 2 is 1.95 bits per heavy atom. The van der Waals surface area contributed by atoms with Gasteiger partial charge in [-0.05, 0) is 44.0 Å². The van der Waals surface area contributed by atoms with Gasteiger partial charge in [0.15, 0.2) is 0 Å². The molecule has 20 heavy (non-hydrogen) atoms. The Bertz CT molecular complexity index is 483. The zero-order valence-electron chi connectivity index (χ0n) is 11.9. The van der Waals surface area contributed by atoms with Crippen LogP contribution in [0.3, 0.4) is 0 Å². The van der Waals surface area contributed by atoms with Crippen LogP contribution in [0, 0.1) is 0 Å². The molecule has 1 aromatic carbocycles. The number of nitrogens with zero attached hydrogens (tertiary/aromatic N) is 1. The molecule has 2 rings (SSSR count). The van der Waals surface area contributed by atoms with E-state index in [2.05, 4.69) is 5.32 Å². The molecule has 0 aliphatic heterocycles. The first-order valence-corrected chi connectivity index (χ1v) is 7.88. The molecule has 108 valence electrons. The molecule has 0 spiro atoms. The van der Waals surface area contributed by atoms with Crippen molar-refractivity contribution in [3.63, 3.8) is 0 Å². The van der Waals surface area contributed by atoms with Crippen LogP contribution < -0.4 is 5.32 Å². The summed E-state index contributed by atoms with van der Waals surface area (Å²) in [5, 5.41) is 2.72. The van der Waals surface area contributed by atoms with Crippen molar-refractivity contribution in [2.24, 2.45) is 0 Å². The lowest BCUT2D eigenvalue weighted by Crippen LogP contribution is -2.34. The van der Waals surface area contributed by atoms with Crippen LogP contribution in [0.25, 0.3) is 0 Å². The molecule has 0 heterocycles. The first-order chi connectivity index (χ1) is 9.60. The lowest BCUT2D eigenvalue weighted by molar-refractivity contribution is -0.128. The second kappa shape index (κ2) is 6.79.